The highest BCUT2D eigenvalue weighted by Crippen LogP contribution is 2.20. The third-order valence-corrected chi connectivity index (χ3v) is 6.00. The molecule has 1 unspecified atom stereocenters. The average Bonchev–Trinajstić information content (AvgIpc) is 2.67. The van der Waals surface area contributed by atoms with Crippen LogP contribution >= 0.6 is 0 Å². The van der Waals surface area contributed by atoms with E-state index in [1.165, 1.54) is 18.2 Å². The van der Waals surface area contributed by atoms with E-state index in [1.54, 1.807) is 30.3 Å². The van der Waals surface area contributed by atoms with Crippen molar-refractivity contribution in [2.24, 2.45) is 5.92 Å². The van der Waals surface area contributed by atoms with Crippen LogP contribution in [-0.2, 0) is 10.0 Å². The molecule has 0 bridgehead atoms. The van der Waals surface area contributed by atoms with Crippen molar-refractivity contribution >= 4 is 21.6 Å². The molecule has 1 heterocycles. The zero-order chi connectivity index (χ0) is 19.4. The number of carbonyl (C=O) groups excluding carboxylic acids is 1. The zero-order valence-electron chi connectivity index (χ0n) is 15.1. The fourth-order valence-electron chi connectivity index (χ4n) is 3.20. The van der Waals surface area contributed by atoms with E-state index < -0.39 is 10.0 Å². The predicted molar refractivity (Wildman–Crippen MR) is 103 cm³/mol. The SMILES string of the molecule is CC1CCCN(C(=O)c2ccc(S(=O)(=O)Nc3cccc(C#N)c3)cc2)C1. The minimum atomic E-state index is -3.80. The Morgan fingerprint density at radius 1 is 1.22 bits per heavy atom. The molecule has 1 amide bonds. The first kappa shape index (κ1) is 18.9. The number of nitrogens with zero attached hydrogens (tertiary/aromatic N) is 2. The Hall–Kier alpha value is -2.85. The number of carbonyl (C=O) groups is 1. The van der Waals surface area contributed by atoms with E-state index in [2.05, 4.69) is 11.6 Å². The number of nitrogens with one attached hydrogen (secondary N) is 1. The molecule has 0 radical (unpaired) electrons. The molecule has 2 aromatic carbocycles. The van der Waals surface area contributed by atoms with Gasteiger partial charge in [-0.3, -0.25) is 9.52 Å². The van der Waals surface area contributed by atoms with Gasteiger partial charge < -0.3 is 4.90 Å². The number of nitriles is 1. The molecule has 1 fully saturated rings. The average molecular weight is 383 g/mol. The summed E-state index contributed by atoms with van der Waals surface area (Å²) >= 11 is 0. The molecule has 7 heteroatoms. The summed E-state index contributed by atoms with van der Waals surface area (Å²) in [6.07, 6.45) is 2.12. The van der Waals surface area contributed by atoms with Crippen LogP contribution in [0.4, 0.5) is 5.69 Å². The van der Waals surface area contributed by atoms with E-state index in [1.807, 2.05) is 11.0 Å². The first-order valence-corrected chi connectivity index (χ1v) is 10.3. The smallest absolute Gasteiger partial charge is 0.261 e. The summed E-state index contributed by atoms with van der Waals surface area (Å²) < 4.78 is 27.5. The van der Waals surface area contributed by atoms with Gasteiger partial charge in [0, 0.05) is 18.7 Å². The highest BCUT2D eigenvalue weighted by molar-refractivity contribution is 7.92. The minimum Gasteiger partial charge on any atom is -0.338 e. The lowest BCUT2D eigenvalue weighted by atomic mass is 9.99. The van der Waals surface area contributed by atoms with Crippen molar-refractivity contribution in [2.75, 3.05) is 17.8 Å². The first-order valence-electron chi connectivity index (χ1n) is 8.81. The third-order valence-electron chi connectivity index (χ3n) is 4.60. The molecule has 1 atom stereocenters. The molecule has 0 saturated carbocycles. The van der Waals surface area contributed by atoms with Gasteiger partial charge in [0.25, 0.3) is 15.9 Å². The van der Waals surface area contributed by atoms with Gasteiger partial charge in [0.15, 0.2) is 0 Å². The number of hydrogen-bond acceptors (Lipinski definition) is 4. The Labute approximate surface area is 159 Å². The molecule has 27 heavy (non-hydrogen) atoms. The number of rotatable bonds is 4. The van der Waals surface area contributed by atoms with Crippen molar-refractivity contribution in [2.45, 2.75) is 24.7 Å². The molecule has 1 aliphatic rings. The van der Waals surface area contributed by atoms with Crippen molar-refractivity contribution in [1.82, 2.24) is 4.90 Å². The van der Waals surface area contributed by atoms with E-state index in [0.29, 0.717) is 22.7 Å². The second-order valence-electron chi connectivity index (χ2n) is 6.82. The number of piperidine rings is 1. The van der Waals surface area contributed by atoms with Crippen LogP contribution in [0.1, 0.15) is 35.7 Å². The summed E-state index contributed by atoms with van der Waals surface area (Å²) in [4.78, 5) is 14.5. The van der Waals surface area contributed by atoms with Crippen LogP contribution in [0.5, 0.6) is 0 Å². The Balaban J connectivity index is 1.75. The Bertz CT molecular complexity index is 978. The van der Waals surface area contributed by atoms with E-state index in [-0.39, 0.29) is 10.8 Å². The van der Waals surface area contributed by atoms with E-state index >= 15 is 0 Å². The Morgan fingerprint density at radius 3 is 2.63 bits per heavy atom. The van der Waals surface area contributed by atoms with Crippen LogP contribution in [-0.4, -0.2) is 32.3 Å². The quantitative estimate of drug-likeness (QED) is 0.878. The number of hydrogen-bond donors (Lipinski definition) is 1. The van der Waals surface area contributed by atoms with Gasteiger partial charge in [-0.15, -0.1) is 0 Å². The summed E-state index contributed by atoms with van der Waals surface area (Å²) in [6, 6.07) is 14.2. The standard InChI is InChI=1S/C20H21N3O3S/c1-15-4-3-11-23(14-15)20(24)17-7-9-19(10-8-17)27(25,26)22-18-6-2-5-16(12-18)13-21/h2,5-10,12,15,22H,3-4,11,14H2,1H3. The molecule has 0 aromatic heterocycles. The van der Waals surface area contributed by atoms with Gasteiger partial charge >= 0.3 is 0 Å². The van der Waals surface area contributed by atoms with Gasteiger partial charge in [-0.2, -0.15) is 5.26 Å². The molecular formula is C20H21N3O3S. The van der Waals surface area contributed by atoms with Crippen LogP contribution in [0.25, 0.3) is 0 Å². The largest absolute Gasteiger partial charge is 0.338 e. The van der Waals surface area contributed by atoms with Crippen LogP contribution in [0.15, 0.2) is 53.4 Å². The summed E-state index contributed by atoms with van der Waals surface area (Å²) in [5.74, 6) is 0.413. The van der Waals surface area contributed by atoms with Crippen molar-refractivity contribution < 1.29 is 13.2 Å². The van der Waals surface area contributed by atoms with Crippen molar-refractivity contribution in [3.63, 3.8) is 0 Å². The summed E-state index contributed by atoms with van der Waals surface area (Å²) in [7, 11) is -3.80. The van der Waals surface area contributed by atoms with Gasteiger partial charge in [-0.05, 0) is 61.2 Å². The molecule has 2 aromatic rings. The summed E-state index contributed by atoms with van der Waals surface area (Å²) in [5, 5.41) is 8.92. The van der Waals surface area contributed by atoms with Gasteiger partial charge in [0.05, 0.1) is 22.2 Å². The number of amides is 1. The third kappa shape index (κ3) is 4.47. The molecule has 0 spiro atoms. The fourth-order valence-corrected chi connectivity index (χ4v) is 4.25. The number of anilines is 1. The van der Waals surface area contributed by atoms with Crippen LogP contribution in [0.3, 0.4) is 0 Å². The summed E-state index contributed by atoms with van der Waals surface area (Å²) in [6.45, 7) is 3.60. The topological polar surface area (TPSA) is 90.3 Å². The van der Waals surface area contributed by atoms with E-state index in [0.717, 1.165) is 25.9 Å². The van der Waals surface area contributed by atoms with E-state index in [9.17, 15) is 13.2 Å². The first-order chi connectivity index (χ1) is 12.9. The number of sulfonamides is 1. The highest BCUT2D eigenvalue weighted by Gasteiger charge is 2.22. The lowest BCUT2D eigenvalue weighted by Crippen LogP contribution is -2.39. The molecule has 0 aliphatic carbocycles. The molecule has 140 valence electrons. The van der Waals surface area contributed by atoms with Crippen molar-refractivity contribution in [3.05, 3.63) is 59.7 Å². The van der Waals surface area contributed by atoms with Crippen molar-refractivity contribution in [1.29, 1.82) is 5.26 Å². The van der Waals surface area contributed by atoms with Gasteiger partial charge in [-0.1, -0.05) is 13.0 Å². The monoisotopic (exact) mass is 383 g/mol. The Morgan fingerprint density at radius 2 is 1.96 bits per heavy atom. The van der Waals surface area contributed by atoms with Crippen molar-refractivity contribution in [3.8, 4) is 6.07 Å². The second kappa shape index (κ2) is 7.80. The molecule has 1 saturated heterocycles. The molecule has 6 nitrogen and oxygen atoms in total. The van der Waals surface area contributed by atoms with Gasteiger partial charge in [0.1, 0.15) is 0 Å². The number of likely N-dealkylation sites (tertiary alicyclic amines) is 1. The fraction of sp³-hybridized carbons (Fsp3) is 0.300. The Kier molecular flexibility index (Phi) is 5.47. The second-order valence-corrected chi connectivity index (χ2v) is 8.50. The van der Waals surface area contributed by atoms with Gasteiger partial charge in [-0.25, -0.2) is 8.42 Å². The lowest BCUT2D eigenvalue weighted by Gasteiger charge is -2.31. The highest BCUT2D eigenvalue weighted by atomic mass is 32.2. The molecule has 1 aliphatic heterocycles. The minimum absolute atomic E-state index is 0.0634. The molecule has 3 rings (SSSR count). The van der Waals surface area contributed by atoms with Crippen LogP contribution < -0.4 is 4.72 Å². The van der Waals surface area contributed by atoms with Crippen LogP contribution in [0, 0.1) is 17.2 Å². The predicted octanol–water partition coefficient (Wildman–Crippen LogP) is 3.23. The maximum atomic E-state index is 12.6. The maximum Gasteiger partial charge on any atom is 0.261 e. The normalized spacial score (nSPS) is 17.2. The van der Waals surface area contributed by atoms with E-state index in [4.69, 9.17) is 5.26 Å². The summed E-state index contributed by atoms with van der Waals surface area (Å²) in [5.41, 5.74) is 1.16. The maximum absolute atomic E-state index is 12.6. The van der Waals surface area contributed by atoms with Crippen LogP contribution in [0.2, 0.25) is 0 Å². The lowest BCUT2D eigenvalue weighted by molar-refractivity contribution is 0.0683. The zero-order valence-corrected chi connectivity index (χ0v) is 15.9. The molecular weight excluding hydrogens is 362 g/mol. The van der Waals surface area contributed by atoms with Gasteiger partial charge in [0.2, 0.25) is 0 Å². The molecule has 1 N–H and O–H groups in total. The number of benzene rings is 2.